The van der Waals surface area contributed by atoms with Crippen molar-refractivity contribution in [2.24, 2.45) is 0 Å². The molecule has 2 heterocycles. The minimum atomic E-state index is -4.32. The van der Waals surface area contributed by atoms with E-state index in [0.717, 1.165) is 5.57 Å². The van der Waals surface area contributed by atoms with Gasteiger partial charge in [0.25, 0.3) is 0 Å². The molecule has 0 unspecified atom stereocenters. The van der Waals surface area contributed by atoms with E-state index in [1.54, 1.807) is 0 Å². The quantitative estimate of drug-likeness (QED) is 0.784. The van der Waals surface area contributed by atoms with Crippen LogP contribution in [0.2, 0.25) is 0 Å². The van der Waals surface area contributed by atoms with Gasteiger partial charge in [0.15, 0.2) is 5.01 Å². The number of thiazole rings is 1. The zero-order valence-electron chi connectivity index (χ0n) is 7.06. The summed E-state index contributed by atoms with van der Waals surface area (Å²) >= 11 is 0.693. The molecule has 2 rings (SSSR count). The van der Waals surface area contributed by atoms with Crippen LogP contribution in [0, 0.1) is 0 Å². The van der Waals surface area contributed by atoms with Crippen LogP contribution in [0.5, 0.6) is 0 Å². The van der Waals surface area contributed by atoms with Crippen molar-refractivity contribution in [1.29, 1.82) is 0 Å². The van der Waals surface area contributed by atoms with Crippen molar-refractivity contribution in [1.82, 2.24) is 10.3 Å². The van der Waals surface area contributed by atoms with Gasteiger partial charge in [-0.2, -0.15) is 13.2 Å². The third kappa shape index (κ3) is 1.80. The Morgan fingerprint density at radius 3 is 2.71 bits per heavy atom. The molecule has 0 radical (unpaired) electrons. The van der Waals surface area contributed by atoms with Gasteiger partial charge in [0.1, 0.15) is 0 Å². The van der Waals surface area contributed by atoms with Crippen molar-refractivity contribution in [3.63, 3.8) is 0 Å². The lowest BCUT2D eigenvalue weighted by Crippen LogP contribution is -2.07. The van der Waals surface area contributed by atoms with E-state index in [1.807, 2.05) is 6.08 Å². The van der Waals surface area contributed by atoms with Crippen molar-refractivity contribution in [2.45, 2.75) is 6.18 Å². The Kier molecular flexibility index (Phi) is 2.32. The first-order valence-electron chi connectivity index (χ1n) is 4.00. The molecule has 6 heteroatoms. The number of halogens is 3. The van der Waals surface area contributed by atoms with Crippen molar-refractivity contribution < 1.29 is 13.2 Å². The van der Waals surface area contributed by atoms with E-state index >= 15 is 0 Å². The van der Waals surface area contributed by atoms with Crippen LogP contribution in [0.4, 0.5) is 13.2 Å². The van der Waals surface area contributed by atoms with Crippen molar-refractivity contribution in [2.75, 3.05) is 13.1 Å². The summed E-state index contributed by atoms with van der Waals surface area (Å²) in [4.78, 5) is 3.96. The zero-order chi connectivity index (χ0) is 10.2. The topological polar surface area (TPSA) is 24.9 Å². The molecule has 0 spiro atoms. The average Bonchev–Trinajstić information content (AvgIpc) is 2.73. The van der Waals surface area contributed by atoms with E-state index in [0.29, 0.717) is 29.3 Å². The van der Waals surface area contributed by atoms with E-state index in [-0.39, 0.29) is 0 Å². The summed E-state index contributed by atoms with van der Waals surface area (Å²) in [5.41, 5.74) is 0.901. The number of hydrogen-bond acceptors (Lipinski definition) is 3. The molecule has 0 saturated heterocycles. The second-order valence-corrected chi connectivity index (χ2v) is 3.92. The minimum absolute atomic E-state index is 0.599. The van der Waals surface area contributed by atoms with E-state index in [2.05, 4.69) is 10.3 Å². The summed E-state index contributed by atoms with van der Waals surface area (Å²) in [5, 5.41) is 2.25. The first-order chi connectivity index (χ1) is 6.57. The van der Waals surface area contributed by atoms with Crippen LogP contribution in [0.1, 0.15) is 9.88 Å². The predicted molar refractivity (Wildman–Crippen MR) is 48.0 cm³/mol. The van der Waals surface area contributed by atoms with Gasteiger partial charge in [-0.1, -0.05) is 6.08 Å². The van der Waals surface area contributed by atoms with Crippen molar-refractivity contribution >= 4 is 16.9 Å². The molecule has 1 N–H and O–H groups in total. The molecule has 76 valence electrons. The number of alkyl halides is 3. The SMILES string of the molecule is FC(F)(F)c1ncc(C2=CCNC2)s1. The Balaban J connectivity index is 2.26. The lowest BCUT2D eigenvalue weighted by Gasteiger charge is -1.99. The van der Waals surface area contributed by atoms with Gasteiger partial charge >= 0.3 is 6.18 Å². The minimum Gasteiger partial charge on any atom is -0.309 e. The van der Waals surface area contributed by atoms with Crippen LogP contribution < -0.4 is 5.32 Å². The maximum atomic E-state index is 12.2. The third-order valence-electron chi connectivity index (χ3n) is 1.87. The summed E-state index contributed by atoms with van der Waals surface area (Å²) in [6.07, 6.45) is -1.16. The second kappa shape index (κ2) is 3.36. The number of aromatic nitrogens is 1. The standard InChI is InChI=1S/C8H7F3N2S/c9-8(10,11)7-13-4-6(14-7)5-1-2-12-3-5/h1,4,12H,2-3H2. The van der Waals surface area contributed by atoms with Gasteiger partial charge < -0.3 is 5.32 Å². The molecule has 0 amide bonds. The molecule has 0 saturated carbocycles. The van der Waals surface area contributed by atoms with E-state index in [4.69, 9.17) is 0 Å². The highest BCUT2D eigenvalue weighted by atomic mass is 32.1. The Morgan fingerprint density at radius 1 is 1.43 bits per heavy atom. The van der Waals surface area contributed by atoms with Gasteiger partial charge in [0.05, 0.1) is 4.88 Å². The lowest BCUT2D eigenvalue weighted by molar-refractivity contribution is -0.137. The second-order valence-electron chi connectivity index (χ2n) is 2.89. The van der Waals surface area contributed by atoms with Crippen LogP contribution in [-0.4, -0.2) is 18.1 Å². The summed E-state index contributed by atoms with van der Waals surface area (Å²) in [6.45, 7) is 1.34. The van der Waals surface area contributed by atoms with E-state index < -0.39 is 11.2 Å². The summed E-state index contributed by atoms with van der Waals surface area (Å²) in [5.74, 6) is 0. The number of hydrogen-bond donors (Lipinski definition) is 1. The normalized spacial score (nSPS) is 17.2. The zero-order valence-corrected chi connectivity index (χ0v) is 7.87. The van der Waals surface area contributed by atoms with Gasteiger partial charge in [0.2, 0.25) is 0 Å². The summed E-state index contributed by atoms with van der Waals surface area (Å²) < 4.78 is 36.6. The molecular weight excluding hydrogens is 213 g/mol. The maximum absolute atomic E-state index is 12.2. The van der Waals surface area contributed by atoms with Gasteiger partial charge in [0, 0.05) is 19.3 Å². The third-order valence-corrected chi connectivity index (χ3v) is 2.99. The smallest absolute Gasteiger partial charge is 0.309 e. The monoisotopic (exact) mass is 220 g/mol. The number of rotatable bonds is 1. The molecular formula is C8H7F3N2S. The molecule has 0 aromatic carbocycles. The Labute approximate surface area is 82.5 Å². The fourth-order valence-corrected chi connectivity index (χ4v) is 2.04. The Morgan fingerprint density at radius 2 is 2.21 bits per heavy atom. The average molecular weight is 220 g/mol. The van der Waals surface area contributed by atoms with Crippen LogP contribution in [0.15, 0.2) is 12.3 Å². The molecule has 1 aromatic heterocycles. The van der Waals surface area contributed by atoms with Crippen molar-refractivity contribution in [3.05, 3.63) is 22.2 Å². The first-order valence-corrected chi connectivity index (χ1v) is 4.82. The van der Waals surface area contributed by atoms with Gasteiger partial charge in [-0.05, 0) is 5.57 Å². The fourth-order valence-electron chi connectivity index (χ4n) is 1.22. The molecule has 1 aromatic rings. The molecule has 0 atom stereocenters. The molecule has 14 heavy (non-hydrogen) atoms. The summed E-state index contributed by atoms with van der Waals surface area (Å²) in [6, 6.07) is 0. The highest BCUT2D eigenvalue weighted by Gasteiger charge is 2.34. The van der Waals surface area contributed by atoms with Crippen LogP contribution in [-0.2, 0) is 6.18 Å². The Hall–Kier alpha value is -0.880. The van der Waals surface area contributed by atoms with Crippen LogP contribution >= 0.6 is 11.3 Å². The molecule has 2 nitrogen and oxygen atoms in total. The fraction of sp³-hybridized carbons (Fsp3) is 0.375. The molecule has 0 bridgehead atoms. The van der Waals surface area contributed by atoms with E-state index in [1.165, 1.54) is 6.20 Å². The van der Waals surface area contributed by atoms with E-state index in [9.17, 15) is 13.2 Å². The van der Waals surface area contributed by atoms with Gasteiger partial charge in [-0.25, -0.2) is 4.98 Å². The van der Waals surface area contributed by atoms with Gasteiger partial charge in [-0.3, -0.25) is 0 Å². The molecule has 1 aliphatic heterocycles. The van der Waals surface area contributed by atoms with Crippen LogP contribution in [0.3, 0.4) is 0 Å². The van der Waals surface area contributed by atoms with Crippen molar-refractivity contribution in [3.8, 4) is 0 Å². The highest BCUT2D eigenvalue weighted by molar-refractivity contribution is 7.12. The molecule has 0 aliphatic carbocycles. The summed E-state index contributed by atoms with van der Waals surface area (Å²) in [7, 11) is 0. The first kappa shape index (κ1) is 9.67. The highest BCUT2D eigenvalue weighted by Crippen LogP contribution is 2.34. The van der Waals surface area contributed by atoms with Crippen LogP contribution in [0.25, 0.3) is 5.57 Å². The van der Waals surface area contributed by atoms with Gasteiger partial charge in [-0.15, -0.1) is 11.3 Å². The number of nitrogens with one attached hydrogen (secondary N) is 1. The Bertz CT molecular complexity index is 367. The maximum Gasteiger partial charge on any atom is 0.443 e. The predicted octanol–water partition coefficient (Wildman–Crippen LogP) is 2.15. The molecule has 1 aliphatic rings. The number of nitrogens with zero attached hydrogens (tertiary/aromatic N) is 1. The lowest BCUT2D eigenvalue weighted by atomic mass is 10.2. The largest absolute Gasteiger partial charge is 0.443 e. The molecule has 0 fully saturated rings.